The number of thiol groups is 1. The van der Waals surface area contributed by atoms with Crippen molar-refractivity contribution in [1.82, 2.24) is 29.2 Å². The van der Waals surface area contributed by atoms with Gasteiger partial charge in [0, 0.05) is 53.5 Å². The van der Waals surface area contributed by atoms with E-state index in [4.69, 9.17) is 9.72 Å². The summed E-state index contributed by atoms with van der Waals surface area (Å²) in [4.78, 5) is 29.3. The van der Waals surface area contributed by atoms with Crippen LogP contribution >= 0.6 is 0 Å². The van der Waals surface area contributed by atoms with Gasteiger partial charge in [-0.15, -0.1) is 6.58 Å². The standard InChI is InChI=1S/C28H32N8O3S/c1-4-12-35-27(37)22-16-29-28(32-26(22)36(35)25-10-6-9-24(31-25)33-40(3)38)30-19-14-18-17-34(2)13-11-21(18)23(15-19)39-20-7-5-8-20/h4,6,9-10,14-16,20,40H,1,5,7-8,11-13,17H2,2-3H3,(H,29,30,32). The van der Waals surface area contributed by atoms with E-state index in [1.807, 2.05) is 6.07 Å². The van der Waals surface area contributed by atoms with Gasteiger partial charge in [0.2, 0.25) is 5.95 Å². The Kier molecular flexibility index (Phi) is 7.11. The first-order chi connectivity index (χ1) is 19.4. The number of hydrogen-bond donors (Lipinski definition) is 2. The van der Waals surface area contributed by atoms with Crippen LogP contribution in [-0.2, 0) is 30.1 Å². The molecular formula is C28H32N8O3S. The Morgan fingerprint density at radius 1 is 1.27 bits per heavy atom. The van der Waals surface area contributed by atoms with Crippen LogP contribution in [0.3, 0.4) is 0 Å². The molecule has 1 unspecified atom stereocenters. The van der Waals surface area contributed by atoms with Gasteiger partial charge in [-0.3, -0.25) is 9.00 Å². The Morgan fingerprint density at radius 3 is 2.88 bits per heavy atom. The number of allylic oxidation sites excluding steroid dienone is 1. The highest BCUT2D eigenvalue weighted by molar-refractivity contribution is 7.74. The van der Waals surface area contributed by atoms with Crippen molar-refractivity contribution >= 4 is 39.1 Å². The lowest BCUT2D eigenvalue weighted by molar-refractivity contribution is 0.118. The van der Waals surface area contributed by atoms with E-state index in [9.17, 15) is 9.00 Å². The van der Waals surface area contributed by atoms with Gasteiger partial charge in [0.15, 0.2) is 17.3 Å². The van der Waals surface area contributed by atoms with Gasteiger partial charge in [0.25, 0.3) is 5.56 Å². The molecule has 4 aromatic rings. The number of aromatic nitrogens is 5. The molecule has 1 aliphatic heterocycles. The third kappa shape index (κ3) is 5.11. The number of fused-ring (bicyclic) bond motifs is 2. The third-order valence-electron chi connectivity index (χ3n) is 7.24. The van der Waals surface area contributed by atoms with E-state index in [2.05, 4.69) is 44.2 Å². The first-order valence-corrected chi connectivity index (χ1v) is 15.0. The summed E-state index contributed by atoms with van der Waals surface area (Å²) in [6.07, 6.45) is 9.26. The Morgan fingerprint density at radius 2 is 2.12 bits per heavy atom. The Labute approximate surface area is 233 Å². The van der Waals surface area contributed by atoms with Gasteiger partial charge in [-0.2, -0.15) is 9.35 Å². The molecule has 12 heteroatoms. The van der Waals surface area contributed by atoms with Crippen molar-refractivity contribution in [2.45, 2.75) is 44.9 Å². The molecule has 1 aliphatic carbocycles. The molecule has 3 aromatic heterocycles. The first-order valence-electron chi connectivity index (χ1n) is 13.4. The molecule has 1 N–H and O–H groups in total. The second-order valence-corrected chi connectivity index (χ2v) is 11.4. The van der Waals surface area contributed by atoms with Crippen LogP contribution in [0.25, 0.3) is 16.9 Å². The number of hydrogen-bond acceptors (Lipinski definition) is 9. The van der Waals surface area contributed by atoms with Crippen molar-refractivity contribution in [2.75, 3.05) is 25.2 Å². The van der Waals surface area contributed by atoms with E-state index in [0.29, 0.717) is 28.6 Å². The molecule has 4 heterocycles. The van der Waals surface area contributed by atoms with Crippen LogP contribution < -0.4 is 15.6 Å². The first kappa shape index (κ1) is 26.2. The fraction of sp³-hybridized carbons (Fsp3) is 0.357. The Balaban J connectivity index is 1.43. The summed E-state index contributed by atoms with van der Waals surface area (Å²) < 4.78 is 25.3. The highest BCUT2D eigenvalue weighted by Gasteiger charge is 2.25. The van der Waals surface area contributed by atoms with Crippen molar-refractivity contribution < 1.29 is 8.95 Å². The zero-order chi connectivity index (χ0) is 27.8. The Bertz CT molecular complexity index is 1750. The van der Waals surface area contributed by atoms with Crippen LogP contribution in [0.5, 0.6) is 5.75 Å². The summed E-state index contributed by atoms with van der Waals surface area (Å²) in [6.45, 7) is 5.87. The average molecular weight is 561 g/mol. The van der Waals surface area contributed by atoms with Crippen LogP contribution in [0.2, 0.25) is 0 Å². The number of pyridine rings is 1. The predicted octanol–water partition coefficient (Wildman–Crippen LogP) is 3.75. The third-order valence-corrected chi connectivity index (χ3v) is 7.73. The van der Waals surface area contributed by atoms with Crippen molar-refractivity contribution in [3.8, 4) is 11.6 Å². The smallest absolute Gasteiger partial charge is 0.278 e. The molecule has 1 saturated carbocycles. The number of rotatable bonds is 8. The van der Waals surface area contributed by atoms with Gasteiger partial charge in [0.05, 0.1) is 12.6 Å². The van der Waals surface area contributed by atoms with Crippen LogP contribution in [0, 0.1) is 0 Å². The van der Waals surface area contributed by atoms with Crippen LogP contribution in [0.15, 0.2) is 58.3 Å². The Hall–Kier alpha value is -4.03. The zero-order valence-corrected chi connectivity index (χ0v) is 23.5. The normalized spacial score (nSPS) is 16.4. The topological polar surface area (TPSA) is 120 Å². The van der Waals surface area contributed by atoms with Gasteiger partial charge in [-0.25, -0.2) is 19.3 Å². The number of anilines is 2. The van der Waals surface area contributed by atoms with Gasteiger partial charge in [-0.1, -0.05) is 12.1 Å². The van der Waals surface area contributed by atoms with Crippen molar-refractivity contribution in [3.05, 3.63) is 70.7 Å². The van der Waals surface area contributed by atoms with E-state index >= 15 is 0 Å². The molecule has 208 valence electrons. The quantitative estimate of drug-likeness (QED) is 0.247. The van der Waals surface area contributed by atoms with Gasteiger partial charge < -0.3 is 15.0 Å². The molecule has 0 saturated heterocycles. The lowest BCUT2D eigenvalue weighted by Crippen LogP contribution is -2.29. The van der Waals surface area contributed by atoms with Crippen molar-refractivity contribution in [1.29, 1.82) is 0 Å². The molecule has 40 heavy (non-hydrogen) atoms. The molecule has 1 fully saturated rings. The van der Waals surface area contributed by atoms with Crippen molar-refractivity contribution in [3.63, 3.8) is 0 Å². The van der Waals surface area contributed by atoms with Crippen LogP contribution in [0.4, 0.5) is 17.5 Å². The summed E-state index contributed by atoms with van der Waals surface area (Å²) in [5.41, 5.74) is 3.45. The maximum atomic E-state index is 13.3. The monoisotopic (exact) mass is 560 g/mol. The number of benzene rings is 1. The van der Waals surface area contributed by atoms with E-state index in [-0.39, 0.29) is 18.2 Å². The average Bonchev–Trinajstić information content (AvgIpc) is 3.16. The number of ether oxygens (including phenoxy) is 1. The van der Waals surface area contributed by atoms with E-state index in [1.165, 1.54) is 34.7 Å². The maximum Gasteiger partial charge on any atom is 0.278 e. The van der Waals surface area contributed by atoms with E-state index in [1.54, 1.807) is 29.0 Å². The summed E-state index contributed by atoms with van der Waals surface area (Å²) in [6, 6.07) is 9.33. The molecule has 2 aliphatic rings. The minimum absolute atomic E-state index is 0.239. The second kappa shape index (κ2) is 10.9. The molecule has 0 bridgehead atoms. The van der Waals surface area contributed by atoms with Gasteiger partial charge >= 0.3 is 0 Å². The minimum atomic E-state index is -1.78. The summed E-state index contributed by atoms with van der Waals surface area (Å²) >= 11 is 0. The van der Waals surface area contributed by atoms with E-state index in [0.717, 1.165) is 43.8 Å². The molecule has 0 amide bonds. The number of nitrogens with one attached hydrogen (secondary N) is 1. The largest absolute Gasteiger partial charge is 0.490 e. The minimum Gasteiger partial charge on any atom is -0.490 e. The molecule has 0 spiro atoms. The lowest BCUT2D eigenvalue weighted by atomic mass is 9.94. The SMILES string of the molecule is C=CCn1c(=O)c2cnc(Nc3cc4c(c(OC5CCC5)c3)CCN(C)C4)nc2n1-c1cccc(/N=[SH](/C)=O)n1. The fourth-order valence-electron chi connectivity index (χ4n) is 5.11. The highest BCUT2D eigenvalue weighted by Crippen LogP contribution is 2.35. The predicted molar refractivity (Wildman–Crippen MR) is 157 cm³/mol. The molecule has 6 rings (SSSR count). The fourth-order valence-corrected chi connectivity index (χ4v) is 5.51. The van der Waals surface area contributed by atoms with Crippen LogP contribution in [0.1, 0.15) is 30.4 Å². The van der Waals surface area contributed by atoms with E-state index < -0.39 is 10.6 Å². The summed E-state index contributed by atoms with van der Waals surface area (Å²) in [5.74, 6) is 2.00. The molecular weight excluding hydrogens is 528 g/mol. The number of likely N-dealkylation sites (N-methyl/N-ethyl adjacent to an activating group) is 1. The van der Waals surface area contributed by atoms with Gasteiger partial charge in [-0.05, 0) is 56.5 Å². The molecule has 11 nitrogen and oxygen atoms in total. The van der Waals surface area contributed by atoms with Crippen LogP contribution in [-0.4, -0.2) is 59.4 Å². The maximum absolute atomic E-state index is 13.3. The number of nitrogens with zero attached hydrogens (tertiary/aromatic N) is 7. The zero-order valence-electron chi connectivity index (χ0n) is 22.6. The lowest BCUT2D eigenvalue weighted by Gasteiger charge is -2.31. The molecule has 0 radical (unpaired) electrons. The molecule has 1 atom stereocenters. The molecule has 1 aromatic carbocycles. The van der Waals surface area contributed by atoms with Crippen molar-refractivity contribution in [2.24, 2.45) is 4.36 Å². The van der Waals surface area contributed by atoms with Gasteiger partial charge in [0.1, 0.15) is 11.1 Å². The highest BCUT2D eigenvalue weighted by atomic mass is 32.2. The second-order valence-electron chi connectivity index (χ2n) is 10.2. The summed E-state index contributed by atoms with van der Waals surface area (Å²) in [7, 11) is 0.341. The summed E-state index contributed by atoms with van der Waals surface area (Å²) in [5, 5.41) is 3.69.